The van der Waals surface area contributed by atoms with Gasteiger partial charge in [0.2, 0.25) is 5.91 Å². The standard InChI is InChI=1S/C14H29N3O.2ClH/c1-4-12(2)17(3)10-9-16-14(18)11-13-5-7-15-8-6-13;;/h12-13,15H,4-11H2,1-3H3,(H,16,18);2*1H. The maximum absolute atomic E-state index is 11.8. The quantitative estimate of drug-likeness (QED) is 0.752. The molecule has 0 radical (unpaired) electrons. The van der Waals surface area contributed by atoms with E-state index in [-0.39, 0.29) is 30.7 Å². The molecule has 0 aliphatic carbocycles. The topological polar surface area (TPSA) is 44.4 Å². The summed E-state index contributed by atoms with van der Waals surface area (Å²) in [5.74, 6) is 0.804. The van der Waals surface area contributed by atoms with Crippen molar-refractivity contribution in [3.63, 3.8) is 0 Å². The van der Waals surface area contributed by atoms with Gasteiger partial charge in [0.15, 0.2) is 0 Å². The highest BCUT2D eigenvalue weighted by atomic mass is 35.5. The molecule has 0 aromatic heterocycles. The summed E-state index contributed by atoms with van der Waals surface area (Å²) in [6, 6.07) is 0.589. The van der Waals surface area contributed by atoms with E-state index < -0.39 is 0 Å². The van der Waals surface area contributed by atoms with Gasteiger partial charge in [-0.2, -0.15) is 0 Å². The fraction of sp³-hybridized carbons (Fsp3) is 0.929. The van der Waals surface area contributed by atoms with Gasteiger partial charge in [-0.3, -0.25) is 4.79 Å². The predicted molar refractivity (Wildman–Crippen MR) is 90.1 cm³/mol. The number of rotatable bonds is 7. The number of hydrogen-bond acceptors (Lipinski definition) is 3. The molecule has 1 fully saturated rings. The third-order valence-corrected chi connectivity index (χ3v) is 4.06. The van der Waals surface area contributed by atoms with E-state index in [1.165, 1.54) is 0 Å². The van der Waals surface area contributed by atoms with Crippen LogP contribution in [0.3, 0.4) is 0 Å². The number of likely N-dealkylation sites (N-methyl/N-ethyl adjacent to an activating group) is 1. The molecule has 122 valence electrons. The normalized spacial score (nSPS) is 17.0. The Morgan fingerprint density at radius 3 is 2.50 bits per heavy atom. The van der Waals surface area contributed by atoms with E-state index in [2.05, 4.69) is 36.4 Å². The second kappa shape index (κ2) is 12.7. The van der Waals surface area contributed by atoms with Crippen molar-refractivity contribution < 1.29 is 4.79 Å². The minimum absolute atomic E-state index is 0. The van der Waals surface area contributed by atoms with E-state index in [1.807, 2.05) is 0 Å². The Labute approximate surface area is 136 Å². The molecule has 4 nitrogen and oxygen atoms in total. The summed E-state index contributed by atoms with van der Waals surface area (Å²) in [6.45, 7) is 8.24. The van der Waals surface area contributed by atoms with Crippen LogP contribution in [0.2, 0.25) is 0 Å². The molecule has 0 aromatic carbocycles. The zero-order chi connectivity index (χ0) is 13.4. The average molecular weight is 328 g/mol. The van der Waals surface area contributed by atoms with Gasteiger partial charge in [-0.25, -0.2) is 0 Å². The van der Waals surface area contributed by atoms with Crippen LogP contribution in [-0.4, -0.2) is 50.1 Å². The second-order valence-corrected chi connectivity index (χ2v) is 5.49. The Morgan fingerprint density at radius 2 is 1.95 bits per heavy atom. The van der Waals surface area contributed by atoms with E-state index in [1.54, 1.807) is 0 Å². The van der Waals surface area contributed by atoms with Gasteiger partial charge >= 0.3 is 0 Å². The first-order chi connectivity index (χ1) is 8.63. The summed E-state index contributed by atoms with van der Waals surface area (Å²) in [7, 11) is 2.12. The van der Waals surface area contributed by atoms with Crippen molar-refractivity contribution in [3.05, 3.63) is 0 Å². The molecule has 0 saturated carbocycles. The lowest BCUT2D eigenvalue weighted by atomic mass is 9.94. The van der Waals surface area contributed by atoms with Crippen molar-refractivity contribution in [1.29, 1.82) is 0 Å². The molecule has 20 heavy (non-hydrogen) atoms. The molecule has 1 aliphatic heterocycles. The van der Waals surface area contributed by atoms with Crippen molar-refractivity contribution in [2.45, 2.75) is 45.6 Å². The Balaban J connectivity index is 0. The molecular weight excluding hydrogens is 297 g/mol. The maximum Gasteiger partial charge on any atom is 0.220 e. The summed E-state index contributed by atoms with van der Waals surface area (Å²) in [5, 5.41) is 6.37. The third-order valence-electron chi connectivity index (χ3n) is 4.06. The fourth-order valence-corrected chi connectivity index (χ4v) is 2.32. The maximum atomic E-state index is 11.8. The molecule has 1 amide bonds. The van der Waals surface area contributed by atoms with Gasteiger partial charge in [-0.05, 0) is 52.2 Å². The van der Waals surface area contributed by atoms with E-state index >= 15 is 0 Å². The first-order valence-corrected chi connectivity index (χ1v) is 7.31. The van der Waals surface area contributed by atoms with Crippen molar-refractivity contribution in [2.75, 3.05) is 33.2 Å². The number of carbonyl (C=O) groups excluding carboxylic acids is 1. The largest absolute Gasteiger partial charge is 0.355 e. The van der Waals surface area contributed by atoms with E-state index in [4.69, 9.17) is 0 Å². The first-order valence-electron chi connectivity index (χ1n) is 7.31. The van der Waals surface area contributed by atoms with Crippen LogP contribution < -0.4 is 10.6 Å². The molecule has 2 N–H and O–H groups in total. The van der Waals surface area contributed by atoms with Gasteiger partial charge in [-0.15, -0.1) is 24.8 Å². The highest BCUT2D eigenvalue weighted by Crippen LogP contribution is 2.15. The molecule has 1 aliphatic rings. The van der Waals surface area contributed by atoms with Crippen LogP contribution in [0, 0.1) is 5.92 Å². The molecule has 1 atom stereocenters. The zero-order valence-corrected chi connectivity index (χ0v) is 14.6. The molecule has 0 bridgehead atoms. The number of halogens is 2. The van der Waals surface area contributed by atoms with Gasteiger partial charge in [-0.1, -0.05) is 6.92 Å². The van der Waals surface area contributed by atoms with Gasteiger partial charge < -0.3 is 15.5 Å². The summed E-state index contributed by atoms with van der Waals surface area (Å²) in [5.41, 5.74) is 0. The van der Waals surface area contributed by atoms with Crippen LogP contribution in [0.15, 0.2) is 0 Å². The van der Waals surface area contributed by atoms with Gasteiger partial charge in [0.25, 0.3) is 0 Å². The average Bonchev–Trinajstić information content (AvgIpc) is 2.38. The van der Waals surface area contributed by atoms with Crippen molar-refractivity contribution >= 4 is 30.7 Å². The van der Waals surface area contributed by atoms with E-state index in [0.29, 0.717) is 18.4 Å². The smallest absolute Gasteiger partial charge is 0.220 e. The number of nitrogens with one attached hydrogen (secondary N) is 2. The van der Waals surface area contributed by atoms with Crippen LogP contribution in [0.5, 0.6) is 0 Å². The van der Waals surface area contributed by atoms with E-state index in [9.17, 15) is 4.79 Å². The van der Waals surface area contributed by atoms with Crippen molar-refractivity contribution in [2.24, 2.45) is 5.92 Å². The minimum Gasteiger partial charge on any atom is -0.355 e. The molecular formula is C14H31Cl2N3O. The predicted octanol–water partition coefficient (Wildman–Crippen LogP) is 2.07. The molecule has 0 spiro atoms. The lowest BCUT2D eigenvalue weighted by molar-refractivity contribution is -0.122. The van der Waals surface area contributed by atoms with Crippen LogP contribution in [-0.2, 0) is 4.79 Å². The number of amides is 1. The number of hydrogen-bond donors (Lipinski definition) is 2. The van der Waals surface area contributed by atoms with Crippen LogP contribution >= 0.6 is 24.8 Å². The van der Waals surface area contributed by atoms with Crippen LogP contribution in [0.1, 0.15) is 39.5 Å². The van der Waals surface area contributed by atoms with Gasteiger partial charge in [0.05, 0.1) is 0 Å². The summed E-state index contributed by atoms with van der Waals surface area (Å²) >= 11 is 0. The monoisotopic (exact) mass is 327 g/mol. The highest BCUT2D eigenvalue weighted by molar-refractivity contribution is 5.85. The number of carbonyl (C=O) groups is 1. The second-order valence-electron chi connectivity index (χ2n) is 5.49. The summed E-state index contributed by atoms with van der Waals surface area (Å²) in [4.78, 5) is 14.1. The molecule has 0 aromatic rings. The number of piperidine rings is 1. The van der Waals surface area contributed by atoms with Gasteiger partial charge in [0, 0.05) is 25.6 Å². The fourth-order valence-electron chi connectivity index (χ4n) is 2.32. The zero-order valence-electron chi connectivity index (χ0n) is 13.0. The molecule has 1 heterocycles. The molecule has 1 unspecified atom stereocenters. The SMILES string of the molecule is CCC(C)N(C)CCNC(=O)CC1CCNCC1.Cl.Cl. The van der Waals surface area contributed by atoms with Crippen molar-refractivity contribution in [3.8, 4) is 0 Å². The molecule has 6 heteroatoms. The van der Waals surface area contributed by atoms with E-state index in [0.717, 1.165) is 45.4 Å². The third kappa shape index (κ3) is 9.01. The Bertz CT molecular complexity index is 249. The summed E-state index contributed by atoms with van der Waals surface area (Å²) < 4.78 is 0. The lowest BCUT2D eigenvalue weighted by Gasteiger charge is -2.24. The van der Waals surface area contributed by atoms with Gasteiger partial charge in [0.1, 0.15) is 0 Å². The van der Waals surface area contributed by atoms with Crippen molar-refractivity contribution in [1.82, 2.24) is 15.5 Å². The lowest BCUT2D eigenvalue weighted by Crippen LogP contribution is -2.38. The highest BCUT2D eigenvalue weighted by Gasteiger charge is 2.16. The molecule has 1 rings (SSSR count). The Morgan fingerprint density at radius 1 is 1.35 bits per heavy atom. The Kier molecular flexibility index (Phi) is 14.1. The first kappa shape index (κ1) is 22.3. The summed E-state index contributed by atoms with van der Waals surface area (Å²) in [6.07, 6.45) is 4.13. The minimum atomic E-state index is 0. The molecule has 1 saturated heterocycles. The van der Waals surface area contributed by atoms with Crippen LogP contribution in [0.25, 0.3) is 0 Å². The number of nitrogens with zero attached hydrogens (tertiary/aromatic N) is 1. The van der Waals surface area contributed by atoms with Crippen LogP contribution in [0.4, 0.5) is 0 Å². The Hall–Kier alpha value is -0.0300.